The van der Waals surface area contributed by atoms with Gasteiger partial charge in [0.2, 0.25) is 11.9 Å². The fourth-order valence-electron chi connectivity index (χ4n) is 4.33. The second-order valence-corrected chi connectivity index (χ2v) is 8.66. The highest BCUT2D eigenvalue weighted by Gasteiger charge is 2.23. The third kappa shape index (κ3) is 4.18. The van der Waals surface area contributed by atoms with Crippen LogP contribution in [0.25, 0.3) is 16.6 Å². The van der Waals surface area contributed by atoms with Crippen molar-refractivity contribution in [3.8, 4) is 5.75 Å². The van der Waals surface area contributed by atoms with E-state index in [0.717, 1.165) is 59.1 Å². The number of anilines is 1. The summed E-state index contributed by atoms with van der Waals surface area (Å²) in [6.45, 7) is 4.75. The minimum atomic E-state index is 0.130. The number of benzene rings is 2. The molecule has 8 nitrogen and oxygen atoms in total. The average Bonchev–Trinajstić information content (AvgIpc) is 3.04. The largest absolute Gasteiger partial charge is 0.497 e. The van der Waals surface area contributed by atoms with Gasteiger partial charge in [0.25, 0.3) is 0 Å². The summed E-state index contributed by atoms with van der Waals surface area (Å²) in [4.78, 5) is 22.1. The molecule has 5 rings (SSSR count). The maximum Gasteiger partial charge on any atom is 0.227 e. The number of rotatable bonds is 4. The number of aryl methyl sites for hydroxylation is 1. The van der Waals surface area contributed by atoms with Gasteiger partial charge in [-0.25, -0.2) is 9.38 Å². The first kappa shape index (κ1) is 21.5. The van der Waals surface area contributed by atoms with Crippen molar-refractivity contribution in [3.05, 3.63) is 58.9 Å². The quantitative estimate of drug-likeness (QED) is 0.460. The number of hydrogen-bond acceptors (Lipinski definition) is 6. The van der Waals surface area contributed by atoms with Crippen LogP contribution in [-0.2, 0) is 11.2 Å². The van der Waals surface area contributed by atoms with E-state index < -0.39 is 0 Å². The predicted octanol–water partition coefficient (Wildman–Crippen LogP) is 3.53. The third-order valence-electron chi connectivity index (χ3n) is 6.09. The zero-order valence-electron chi connectivity index (χ0n) is 18.7. The third-order valence-corrected chi connectivity index (χ3v) is 6.33. The van der Waals surface area contributed by atoms with Crippen LogP contribution in [0.4, 0.5) is 5.95 Å². The van der Waals surface area contributed by atoms with E-state index in [1.54, 1.807) is 7.11 Å². The minimum Gasteiger partial charge on any atom is -0.497 e. The molecule has 9 heteroatoms. The molecule has 0 bridgehead atoms. The summed E-state index contributed by atoms with van der Waals surface area (Å²) in [5.74, 6) is 2.48. The van der Waals surface area contributed by atoms with Crippen molar-refractivity contribution in [1.29, 1.82) is 0 Å². The van der Waals surface area contributed by atoms with Gasteiger partial charge in [-0.15, -0.1) is 10.2 Å². The lowest BCUT2D eigenvalue weighted by molar-refractivity contribution is -0.130. The number of aromatic nitrogens is 4. The number of methoxy groups -OCH3 is 1. The highest BCUT2D eigenvalue weighted by molar-refractivity contribution is 6.31. The normalized spacial score (nSPS) is 14.6. The summed E-state index contributed by atoms with van der Waals surface area (Å²) in [5.41, 5.74) is 2.53. The van der Waals surface area contributed by atoms with E-state index in [4.69, 9.17) is 21.3 Å². The molecule has 1 fully saturated rings. The molecule has 1 aliphatic rings. The van der Waals surface area contributed by atoms with Crippen molar-refractivity contribution < 1.29 is 9.53 Å². The monoisotopic (exact) mass is 464 g/mol. The van der Waals surface area contributed by atoms with Crippen LogP contribution in [0.3, 0.4) is 0 Å². The van der Waals surface area contributed by atoms with Gasteiger partial charge in [0.1, 0.15) is 11.6 Å². The van der Waals surface area contributed by atoms with Gasteiger partial charge in [0.15, 0.2) is 5.65 Å². The first-order valence-electron chi connectivity index (χ1n) is 11.0. The molecular formula is C24H25ClN6O2. The van der Waals surface area contributed by atoms with Gasteiger partial charge < -0.3 is 14.5 Å². The molecule has 0 spiro atoms. The Balaban J connectivity index is 1.38. The molecule has 2 aromatic carbocycles. The molecule has 170 valence electrons. The Hall–Kier alpha value is -3.39. The van der Waals surface area contributed by atoms with Crippen molar-refractivity contribution >= 4 is 40.0 Å². The van der Waals surface area contributed by atoms with Crippen molar-refractivity contribution in [2.45, 2.75) is 19.8 Å². The maximum atomic E-state index is 13.0. The second-order valence-electron chi connectivity index (χ2n) is 8.23. The molecule has 33 heavy (non-hydrogen) atoms. The fourth-order valence-corrected chi connectivity index (χ4v) is 4.50. The van der Waals surface area contributed by atoms with E-state index in [1.807, 2.05) is 58.7 Å². The summed E-state index contributed by atoms with van der Waals surface area (Å²) in [7, 11) is 1.64. The van der Waals surface area contributed by atoms with Crippen molar-refractivity contribution in [1.82, 2.24) is 24.5 Å². The summed E-state index contributed by atoms with van der Waals surface area (Å²) in [6, 6.07) is 13.3. The number of amides is 1. The lowest BCUT2D eigenvalue weighted by atomic mass is 10.1. The van der Waals surface area contributed by atoms with Gasteiger partial charge in [-0.1, -0.05) is 23.7 Å². The molecular weight excluding hydrogens is 440 g/mol. The molecule has 0 N–H and O–H groups in total. The van der Waals surface area contributed by atoms with Crippen molar-refractivity contribution in [2.75, 3.05) is 38.2 Å². The van der Waals surface area contributed by atoms with Crippen molar-refractivity contribution in [2.24, 2.45) is 0 Å². The Morgan fingerprint density at radius 2 is 1.88 bits per heavy atom. The van der Waals surface area contributed by atoms with E-state index >= 15 is 0 Å². The number of fused-ring (bicyclic) bond motifs is 3. The van der Waals surface area contributed by atoms with Crippen LogP contribution in [0, 0.1) is 6.92 Å². The number of halogens is 1. The first-order chi connectivity index (χ1) is 16.0. The number of carbonyl (C=O) groups is 1. The first-order valence-corrected chi connectivity index (χ1v) is 11.4. The van der Waals surface area contributed by atoms with Gasteiger partial charge in [-0.3, -0.25) is 4.79 Å². The molecule has 0 atom stereocenters. The van der Waals surface area contributed by atoms with Gasteiger partial charge in [-0.2, -0.15) is 0 Å². The van der Waals surface area contributed by atoms with Gasteiger partial charge in [-0.05, 0) is 49.2 Å². The molecule has 0 unspecified atom stereocenters. The number of nitrogens with zero attached hydrogens (tertiary/aromatic N) is 6. The van der Waals surface area contributed by atoms with Gasteiger partial charge in [0.05, 0.1) is 19.0 Å². The van der Waals surface area contributed by atoms with Gasteiger partial charge in [0, 0.05) is 36.6 Å². The standard InChI is InChI=1S/C24H25ClN6O2/c1-16-27-28-23-20-9-6-18(25)15-21(20)26-24(31(16)23)30-11-3-10-29(12-13-30)22(32)14-17-4-7-19(33-2)8-5-17/h4-9,15H,3,10-14H2,1-2H3. The Kier molecular flexibility index (Phi) is 5.76. The fraction of sp³-hybridized carbons (Fsp3) is 0.333. The molecule has 2 aromatic heterocycles. The number of hydrogen-bond donors (Lipinski definition) is 0. The summed E-state index contributed by atoms with van der Waals surface area (Å²) >= 11 is 6.23. The van der Waals surface area contributed by atoms with Crippen LogP contribution in [0.15, 0.2) is 42.5 Å². The lowest BCUT2D eigenvalue weighted by Gasteiger charge is -2.24. The zero-order chi connectivity index (χ0) is 22.9. The van der Waals surface area contributed by atoms with E-state index in [1.165, 1.54) is 0 Å². The van der Waals surface area contributed by atoms with Crippen LogP contribution < -0.4 is 9.64 Å². The Morgan fingerprint density at radius 3 is 2.67 bits per heavy atom. The Bertz CT molecular complexity index is 1320. The van der Waals surface area contributed by atoms with E-state index in [-0.39, 0.29) is 5.91 Å². The summed E-state index contributed by atoms with van der Waals surface area (Å²) < 4.78 is 7.19. The molecule has 0 radical (unpaired) electrons. The highest BCUT2D eigenvalue weighted by atomic mass is 35.5. The second kappa shape index (κ2) is 8.86. The van der Waals surface area contributed by atoms with Crippen molar-refractivity contribution in [3.63, 3.8) is 0 Å². The van der Waals surface area contributed by atoms with Crippen LogP contribution >= 0.6 is 11.6 Å². The van der Waals surface area contributed by atoms with Gasteiger partial charge >= 0.3 is 0 Å². The lowest BCUT2D eigenvalue weighted by Crippen LogP contribution is -2.36. The minimum absolute atomic E-state index is 0.130. The highest BCUT2D eigenvalue weighted by Crippen LogP contribution is 2.27. The SMILES string of the molecule is COc1ccc(CC(=O)N2CCCN(c3nc4cc(Cl)ccc4c4nnc(C)n34)CC2)cc1. The van der Waals surface area contributed by atoms with E-state index in [0.29, 0.717) is 24.5 Å². The molecule has 0 aliphatic carbocycles. The van der Waals surface area contributed by atoms with Crippen LogP contribution in [0.5, 0.6) is 5.75 Å². The average molecular weight is 465 g/mol. The molecule has 1 saturated heterocycles. The molecule has 1 amide bonds. The maximum absolute atomic E-state index is 13.0. The van der Waals surface area contributed by atoms with E-state index in [9.17, 15) is 4.79 Å². The van der Waals surface area contributed by atoms with Crippen LogP contribution in [0.1, 0.15) is 17.8 Å². The molecule has 0 saturated carbocycles. The van der Waals surface area contributed by atoms with Crippen LogP contribution in [0.2, 0.25) is 5.02 Å². The topological polar surface area (TPSA) is 75.9 Å². The predicted molar refractivity (Wildman–Crippen MR) is 128 cm³/mol. The van der Waals surface area contributed by atoms with E-state index in [2.05, 4.69) is 15.1 Å². The summed E-state index contributed by atoms with van der Waals surface area (Å²) in [5, 5.41) is 10.2. The number of carbonyl (C=O) groups excluding carboxylic acids is 1. The smallest absolute Gasteiger partial charge is 0.227 e. The molecule has 3 heterocycles. The van der Waals surface area contributed by atoms with Crippen LogP contribution in [-0.4, -0.2) is 63.7 Å². The Labute approximate surface area is 196 Å². The zero-order valence-corrected chi connectivity index (χ0v) is 19.4. The number of ether oxygens (including phenoxy) is 1. The molecule has 4 aromatic rings. The molecule has 1 aliphatic heterocycles. The Morgan fingerprint density at radius 1 is 1.06 bits per heavy atom. The summed E-state index contributed by atoms with van der Waals surface area (Å²) in [6.07, 6.45) is 1.23.